The van der Waals surface area contributed by atoms with E-state index >= 15 is 0 Å². The van der Waals surface area contributed by atoms with Crippen molar-refractivity contribution in [2.75, 3.05) is 34.4 Å². The third kappa shape index (κ3) is 3.07. The van der Waals surface area contributed by atoms with E-state index in [0.29, 0.717) is 18.5 Å². The smallest absolute Gasteiger partial charge is 0.160 e. The van der Waals surface area contributed by atoms with Crippen LogP contribution in [0.5, 0.6) is 11.5 Å². The third-order valence-corrected chi connectivity index (χ3v) is 4.38. The third-order valence-electron chi connectivity index (χ3n) is 4.38. The van der Waals surface area contributed by atoms with Gasteiger partial charge in [-0.3, -0.25) is 0 Å². The summed E-state index contributed by atoms with van der Waals surface area (Å²) in [7, 11) is 5.53. The molecule has 0 spiro atoms. The first kappa shape index (κ1) is 15.1. The summed E-state index contributed by atoms with van der Waals surface area (Å²) in [6, 6.07) is 6.67. The number of ether oxygens (including phenoxy) is 2. The van der Waals surface area contributed by atoms with Crippen LogP contribution in [0.4, 0.5) is 0 Å². The maximum atomic E-state index is 6.06. The monoisotopic (exact) mass is 278 g/mol. The zero-order valence-corrected chi connectivity index (χ0v) is 12.8. The van der Waals surface area contributed by atoms with Crippen LogP contribution >= 0.6 is 0 Å². The number of hydrogen-bond donors (Lipinski definition) is 1. The lowest BCUT2D eigenvalue weighted by atomic mass is 9.85. The van der Waals surface area contributed by atoms with Crippen molar-refractivity contribution in [2.45, 2.75) is 31.2 Å². The van der Waals surface area contributed by atoms with Crippen molar-refractivity contribution < 1.29 is 9.47 Å². The lowest BCUT2D eigenvalue weighted by Crippen LogP contribution is -2.42. The SMILES string of the molecule is COc1ccc(C(CN)C2CCCCN2C)cc1OC. The zero-order valence-electron chi connectivity index (χ0n) is 12.8. The highest BCUT2D eigenvalue weighted by Gasteiger charge is 2.28. The van der Waals surface area contributed by atoms with E-state index < -0.39 is 0 Å². The molecular formula is C16H26N2O2. The Morgan fingerprint density at radius 3 is 2.60 bits per heavy atom. The van der Waals surface area contributed by atoms with Gasteiger partial charge in [-0.1, -0.05) is 12.5 Å². The van der Waals surface area contributed by atoms with Crippen molar-refractivity contribution in [3.05, 3.63) is 23.8 Å². The first-order valence-electron chi connectivity index (χ1n) is 7.33. The highest BCUT2D eigenvalue weighted by Crippen LogP contribution is 2.34. The van der Waals surface area contributed by atoms with Gasteiger partial charge in [0.2, 0.25) is 0 Å². The van der Waals surface area contributed by atoms with Gasteiger partial charge < -0.3 is 20.1 Å². The van der Waals surface area contributed by atoms with Gasteiger partial charge in [0.25, 0.3) is 0 Å². The molecule has 1 aromatic rings. The van der Waals surface area contributed by atoms with Crippen LogP contribution in [0.2, 0.25) is 0 Å². The Hall–Kier alpha value is -1.26. The van der Waals surface area contributed by atoms with Gasteiger partial charge >= 0.3 is 0 Å². The summed E-state index contributed by atoms with van der Waals surface area (Å²) in [5.41, 5.74) is 7.30. The Balaban J connectivity index is 2.26. The number of benzene rings is 1. The average molecular weight is 278 g/mol. The van der Waals surface area contributed by atoms with Gasteiger partial charge in [0.15, 0.2) is 11.5 Å². The molecule has 2 atom stereocenters. The molecule has 1 aliphatic heterocycles. The Kier molecular flexibility index (Phi) is 5.26. The van der Waals surface area contributed by atoms with Crippen molar-refractivity contribution in [2.24, 2.45) is 5.73 Å². The molecule has 20 heavy (non-hydrogen) atoms. The van der Waals surface area contributed by atoms with Gasteiger partial charge in [-0.15, -0.1) is 0 Å². The van der Waals surface area contributed by atoms with Crippen LogP contribution < -0.4 is 15.2 Å². The summed E-state index contributed by atoms with van der Waals surface area (Å²) in [5.74, 6) is 1.89. The van der Waals surface area contributed by atoms with E-state index in [1.165, 1.54) is 24.8 Å². The molecule has 4 heteroatoms. The van der Waals surface area contributed by atoms with E-state index in [1.807, 2.05) is 6.07 Å². The number of likely N-dealkylation sites (N-methyl/N-ethyl adjacent to an activating group) is 1. The number of hydrogen-bond acceptors (Lipinski definition) is 4. The molecule has 2 unspecified atom stereocenters. The molecule has 1 saturated heterocycles. The van der Waals surface area contributed by atoms with E-state index in [-0.39, 0.29) is 0 Å². The molecule has 0 bridgehead atoms. The highest BCUT2D eigenvalue weighted by molar-refractivity contribution is 5.44. The molecule has 0 aliphatic carbocycles. The molecule has 112 valence electrons. The first-order chi connectivity index (χ1) is 9.71. The topological polar surface area (TPSA) is 47.7 Å². The van der Waals surface area contributed by atoms with Gasteiger partial charge in [-0.25, -0.2) is 0 Å². The maximum Gasteiger partial charge on any atom is 0.160 e. The van der Waals surface area contributed by atoms with Gasteiger partial charge in [-0.05, 0) is 44.1 Å². The molecule has 1 heterocycles. The van der Waals surface area contributed by atoms with E-state index in [2.05, 4.69) is 24.1 Å². The molecule has 1 aliphatic rings. The van der Waals surface area contributed by atoms with Gasteiger partial charge in [0, 0.05) is 18.5 Å². The molecule has 0 radical (unpaired) electrons. The van der Waals surface area contributed by atoms with Crippen molar-refractivity contribution in [1.29, 1.82) is 0 Å². The standard InChI is InChI=1S/C16H26N2O2/c1-18-9-5-4-6-14(18)13(11-17)12-7-8-15(19-2)16(10-12)20-3/h7-8,10,13-14H,4-6,9,11,17H2,1-3H3. The highest BCUT2D eigenvalue weighted by atomic mass is 16.5. The molecule has 0 amide bonds. The quantitative estimate of drug-likeness (QED) is 0.897. The Morgan fingerprint density at radius 1 is 1.25 bits per heavy atom. The van der Waals surface area contributed by atoms with E-state index in [0.717, 1.165) is 18.0 Å². The van der Waals surface area contributed by atoms with Gasteiger partial charge in [-0.2, -0.15) is 0 Å². The second-order valence-corrected chi connectivity index (χ2v) is 5.50. The van der Waals surface area contributed by atoms with Crippen LogP contribution in [0.15, 0.2) is 18.2 Å². The normalized spacial score (nSPS) is 21.5. The number of rotatable bonds is 5. The first-order valence-corrected chi connectivity index (χ1v) is 7.33. The summed E-state index contributed by atoms with van der Waals surface area (Å²) in [6.07, 6.45) is 3.79. The second-order valence-electron chi connectivity index (χ2n) is 5.50. The van der Waals surface area contributed by atoms with Gasteiger partial charge in [0.05, 0.1) is 14.2 Å². The molecule has 2 N–H and O–H groups in total. The number of nitrogens with two attached hydrogens (primary N) is 1. The fraction of sp³-hybridized carbons (Fsp3) is 0.625. The second kappa shape index (κ2) is 6.95. The van der Waals surface area contributed by atoms with E-state index in [1.54, 1.807) is 14.2 Å². The number of nitrogens with zero attached hydrogens (tertiary/aromatic N) is 1. The zero-order chi connectivity index (χ0) is 14.5. The van der Waals surface area contributed by atoms with Gasteiger partial charge in [0.1, 0.15) is 0 Å². The molecule has 0 aromatic heterocycles. The van der Waals surface area contributed by atoms with Crippen molar-refractivity contribution in [3.63, 3.8) is 0 Å². The van der Waals surface area contributed by atoms with Crippen LogP contribution in [0, 0.1) is 0 Å². The van der Waals surface area contributed by atoms with E-state index in [4.69, 9.17) is 15.2 Å². The maximum absolute atomic E-state index is 6.06. The van der Waals surface area contributed by atoms with Crippen molar-refractivity contribution in [3.8, 4) is 11.5 Å². The molecule has 1 aromatic carbocycles. The molecule has 1 fully saturated rings. The fourth-order valence-corrected chi connectivity index (χ4v) is 3.21. The Bertz CT molecular complexity index is 436. The summed E-state index contributed by atoms with van der Waals surface area (Å²) >= 11 is 0. The minimum Gasteiger partial charge on any atom is -0.493 e. The average Bonchev–Trinajstić information content (AvgIpc) is 2.49. The van der Waals surface area contributed by atoms with E-state index in [9.17, 15) is 0 Å². The number of likely N-dealkylation sites (tertiary alicyclic amines) is 1. The number of methoxy groups -OCH3 is 2. The number of piperidine rings is 1. The minimum absolute atomic E-state index is 0.347. The minimum atomic E-state index is 0.347. The predicted molar refractivity (Wildman–Crippen MR) is 81.6 cm³/mol. The van der Waals surface area contributed by atoms with Crippen LogP contribution in [-0.4, -0.2) is 45.3 Å². The lowest BCUT2D eigenvalue weighted by Gasteiger charge is -2.38. The Morgan fingerprint density at radius 2 is 2.00 bits per heavy atom. The van der Waals surface area contributed by atoms with Crippen LogP contribution in [0.25, 0.3) is 0 Å². The summed E-state index contributed by atoms with van der Waals surface area (Å²) in [6.45, 7) is 1.82. The molecule has 4 nitrogen and oxygen atoms in total. The summed E-state index contributed by atoms with van der Waals surface area (Å²) in [5, 5.41) is 0. The molecular weight excluding hydrogens is 252 g/mol. The van der Waals surface area contributed by atoms with Crippen LogP contribution in [-0.2, 0) is 0 Å². The predicted octanol–water partition coefficient (Wildman–Crippen LogP) is 2.23. The molecule has 2 rings (SSSR count). The fourth-order valence-electron chi connectivity index (χ4n) is 3.21. The van der Waals surface area contributed by atoms with Crippen molar-refractivity contribution in [1.82, 2.24) is 4.90 Å². The lowest BCUT2D eigenvalue weighted by molar-refractivity contribution is 0.160. The molecule has 0 saturated carbocycles. The van der Waals surface area contributed by atoms with Crippen molar-refractivity contribution >= 4 is 0 Å². The van der Waals surface area contributed by atoms with Crippen LogP contribution in [0.3, 0.4) is 0 Å². The summed E-state index contributed by atoms with van der Waals surface area (Å²) in [4.78, 5) is 2.44. The Labute approximate surface area is 121 Å². The summed E-state index contributed by atoms with van der Waals surface area (Å²) < 4.78 is 10.7. The largest absolute Gasteiger partial charge is 0.493 e. The van der Waals surface area contributed by atoms with Crippen LogP contribution in [0.1, 0.15) is 30.7 Å².